The van der Waals surface area contributed by atoms with Gasteiger partial charge in [0, 0.05) is 17.0 Å². The SMILES string of the molecule is COc1[nH]c2ccccc2c1/C=C/[N+](=O)[O-]. The number of methoxy groups -OCH3 is 1. The van der Waals surface area contributed by atoms with Crippen LogP contribution in [0.15, 0.2) is 30.5 Å². The Hall–Kier alpha value is -2.30. The van der Waals surface area contributed by atoms with E-state index in [1.54, 1.807) is 0 Å². The number of H-pyrrole nitrogens is 1. The molecule has 0 bridgehead atoms. The summed E-state index contributed by atoms with van der Waals surface area (Å²) >= 11 is 0. The van der Waals surface area contributed by atoms with Crippen molar-refractivity contribution in [1.29, 1.82) is 0 Å². The van der Waals surface area contributed by atoms with Crippen LogP contribution in [-0.4, -0.2) is 17.0 Å². The van der Waals surface area contributed by atoms with Crippen LogP contribution in [0.25, 0.3) is 17.0 Å². The molecule has 0 aliphatic carbocycles. The molecule has 2 aromatic rings. The number of hydrogen-bond acceptors (Lipinski definition) is 3. The molecule has 5 nitrogen and oxygen atoms in total. The molecule has 0 fully saturated rings. The first-order valence-corrected chi connectivity index (χ1v) is 4.69. The first kappa shape index (κ1) is 10.2. The molecular formula is C11H10N2O3. The standard InChI is InChI=1S/C11H10N2O3/c1-16-11-9(6-7-13(14)15)8-4-2-3-5-10(8)12-11/h2-7,12H,1H3/b7-6+. The third-order valence-corrected chi connectivity index (χ3v) is 2.28. The fourth-order valence-corrected chi connectivity index (χ4v) is 1.60. The molecule has 0 unspecified atom stereocenters. The lowest BCUT2D eigenvalue weighted by Gasteiger charge is -1.95. The summed E-state index contributed by atoms with van der Waals surface area (Å²) in [4.78, 5) is 12.8. The molecule has 1 aromatic heterocycles. The van der Waals surface area contributed by atoms with Crippen LogP contribution >= 0.6 is 0 Å². The summed E-state index contributed by atoms with van der Waals surface area (Å²) in [7, 11) is 1.52. The molecule has 1 N–H and O–H groups in total. The summed E-state index contributed by atoms with van der Waals surface area (Å²) in [6.07, 6.45) is 2.33. The number of ether oxygens (including phenoxy) is 1. The number of benzene rings is 1. The second-order valence-electron chi connectivity index (χ2n) is 3.22. The molecule has 0 atom stereocenters. The lowest BCUT2D eigenvalue weighted by Crippen LogP contribution is -1.86. The number of fused-ring (bicyclic) bond motifs is 1. The van der Waals surface area contributed by atoms with Crippen molar-refractivity contribution in [1.82, 2.24) is 4.98 Å². The number of rotatable bonds is 3. The number of aromatic amines is 1. The minimum absolute atomic E-state index is 0.499. The molecule has 5 heteroatoms. The Labute approximate surface area is 91.5 Å². The number of nitrogens with zero attached hydrogens (tertiary/aromatic N) is 1. The van der Waals surface area contributed by atoms with Crippen molar-refractivity contribution in [2.45, 2.75) is 0 Å². The van der Waals surface area contributed by atoms with Crippen molar-refractivity contribution in [2.24, 2.45) is 0 Å². The highest BCUT2D eigenvalue weighted by Gasteiger charge is 2.09. The molecule has 0 radical (unpaired) electrons. The topological polar surface area (TPSA) is 68.2 Å². The first-order valence-electron chi connectivity index (χ1n) is 4.69. The average molecular weight is 218 g/mol. The van der Waals surface area contributed by atoms with Gasteiger partial charge in [-0.2, -0.15) is 0 Å². The smallest absolute Gasteiger partial charge is 0.235 e. The fourth-order valence-electron chi connectivity index (χ4n) is 1.60. The number of nitro groups is 1. The molecule has 0 saturated carbocycles. The van der Waals surface area contributed by atoms with Gasteiger partial charge in [0.15, 0.2) is 5.88 Å². The van der Waals surface area contributed by atoms with Crippen LogP contribution < -0.4 is 4.74 Å². The van der Waals surface area contributed by atoms with Gasteiger partial charge in [-0.05, 0) is 6.07 Å². The van der Waals surface area contributed by atoms with Gasteiger partial charge < -0.3 is 9.72 Å². The van der Waals surface area contributed by atoms with Gasteiger partial charge in [0.05, 0.1) is 17.6 Å². The Kier molecular flexibility index (Phi) is 2.59. The summed E-state index contributed by atoms with van der Waals surface area (Å²) in [6, 6.07) is 7.54. The van der Waals surface area contributed by atoms with E-state index in [1.165, 1.54) is 13.2 Å². The molecule has 0 aliphatic rings. The van der Waals surface area contributed by atoms with E-state index in [1.807, 2.05) is 24.3 Å². The maximum Gasteiger partial charge on any atom is 0.235 e. The predicted octanol–water partition coefficient (Wildman–Crippen LogP) is 2.42. The van der Waals surface area contributed by atoms with E-state index >= 15 is 0 Å². The minimum atomic E-state index is -0.499. The summed E-state index contributed by atoms with van der Waals surface area (Å²) in [5.41, 5.74) is 1.58. The van der Waals surface area contributed by atoms with Crippen molar-refractivity contribution in [3.63, 3.8) is 0 Å². The highest BCUT2D eigenvalue weighted by Crippen LogP contribution is 2.28. The van der Waals surface area contributed by atoms with E-state index in [9.17, 15) is 10.1 Å². The Balaban J connectivity index is 2.60. The number of aromatic nitrogens is 1. The van der Waals surface area contributed by atoms with Gasteiger partial charge in [-0.25, -0.2) is 0 Å². The molecule has 0 aliphatic heterocycles. The molecule has 16 heavy (non-hydrogen) atoms. The first-order chi connectivity index (χ1) is 7.72. The maximum absolute atomic E-state index is 10.3. The predicted molar refractivity (Wildman–Crippen MR) is 60.9 cm³/mol. The van der Waals surface area contributed by atoms with E-state index in [0.29, 0.717) is 11.4 Å². The molecule has 0 amide bonds. The second-order valence-corrected chi connectivity index (χ2v) is 3.22. The van der Waals surface area contributed by atoms with Crippen LogP contribution in [0.4, 0.5) is 0 Å². The molecule has 82 valence electrons. The van der Waals surface area contributed by atoms with Gasteiger partial charge in [-0.15, -0.1) is 0 Å². The summed E-state index contributed by atoms with van der Waals surface area (Å²) in [5.74, 6) is 0.527. The van der Waals surface area contributed by atoms with Gasteiger partial charge in [-0.3, -0.25) is 10.1 Å². The number of para-hydroxylation sites is 1. The largest absolute Gasteiger partial charge is 0.482 e. The van der Waals surface area contributed by atoms with E-state index in [-0.39, 0.29) is 0 Å². The number of nitrogens with one attached hydrogen (secondary N) is 1. The normalized spacial score (nSPS) is 11.1. The van der Waals surface area contributed by atoms with Crippen molar-refractivity contribution in [2.75, 3.05) is 7.11 Å². The second kappa shape index (κ2) is 4.06. The molecule has 0 saturated heterocycles. The van der Waals surface area contributed by atoms with Crippen LogP contribution in [0.2, 0.25) is 0 Å². The number of hydrogen-bond donors (Lipinski definition) is 1. The maximum atomic E-state index is 10.3. The molecule has 1 aromatic carbocycles. The van der Waals surface area contributed by atoms with Crippen molar-refractivity contribution in [3.8, 4) is 5.88 Å². The van der Waals surface area contributed by atoms with Gasteiger partial charge in [0.2, 0.25) is 6.20 Å². The van der Waals surface area contributed by atoms with Gasteiger partial charge >= 0.3 is 0 Å². The molecule has 1 heterocycles. The van der Waals surface area contributed by atoms with Crippen LogP contribution in [0.5, 0.6) is 5.88 Å². The Morgan fingerprint density at radius 1 is 1.44 bits per heavy atom. The fraction of sp³-hybridized carbons (Fsp3) is 0.0909. The molecule has 0 spiro atoms. The Morgan fingerprint density at radius 2 is 2.19 bits per heavy atom. The van der Waals surface area contributed by atoms with Crippen molar-refractivity contribution >= 4 is 17.0 Å². The third-order valence-electron chi connectivity index (χ3n) is 2.28. The van der Waals surface area contributed by atoms with E-state index in [4.69, 9.17) is 4.74 Å². The van der Waals surface area contributed by atoms with E-state index in [2.05, 4.69) is 4.98 Å². The quantitative estimate of drug-likeness (QED) is 0.635. The Bertz CT molecular complexity index is 557. The van der Waals surface area contributed by atoms with Crippen LogP contribution in [-0.2, 0) is 0 Å². The minimum Gasteiger partial charge on any atom is -0.482 e. The van der Waals surface area contributed by atoms with Crippen molar-refractivity contribution in [3.05, 3.63) is 46.1 Å². The van der Waals surface area contributed by atoms with Gasteiger partial charge in [0.1, 0.15) is 0 Å². The monoisotopic (exact) mass is 218 g/mol. The molecule has 2 rings (SSSR count). The summed E-state index contributed by atoms with van der Waals surface area (Å²) < 4.78 is 5.13. The van der Waals surface area contributed by atoms with Gasteiger partial charge in [-0.1, -0.05) is 18.2 Å². The zero-order valence-corrected chi connectivity index (χ0v) is 8.64. The average Bonchev–Trinajstić information content (AvgIpc) is 2.64. The van der Waals surface area contributed by atoms with Crippen LogP contribution in [0.1, 0.15) is 5.56 Å². The summed E-state index contributed by atoms with van der Waals surface area (Å²) in [5, 5.41) is 11.2. The molecular weight excluding hydrogens is 208 g/mol. The van der Waals surface area contributed by atoms with E-state index in [0.717, 1.165) is 17.1 Å². The lowest BCUT2D eigenvalue weighted by molar-refractivity contribution is -0.400. The Morgan fingerprint density at radius 3 is 2.88 bits per heavy atom. The zero-order valence-electron chi connectivity index (χ0n) is 8.64. The van der Waals surface area contributed by atoms with E-state index < -0.39 is 4.92 Å². The van der Waals surface area contributed by atoms with Crippen LogP contribution in [0, 0.1) is 10.1 Å². The van der Waals surface area contributed by atoms with Gasteiger partial charge in [0.25, 0.3) is 0 Å². The highest BCUT2D eigenvalue weighted by molar-refractivity contribution is 5.91. The summed E-state index contributed by atoms with van der Waals surface area (Å²) in [6.45, 7) is 0. The highest BCUT2D eigenvalue weighted by atomic mass is 16.6. The van der Waals surface area contributed by atoms with Crippen LogP contribution in [0.3, 0.4) is 0 Å². The lowest BCUT2D eigenvalue weighted by atomic mass is 10.2. The van der Waals surface area contributed by atoms with Crippen molar-refractivity contribution < 1.29 is 9.66 Å². The zero-order chi connectivity index (χ0) is 11.5. The third kappa shape index (κ3) is 1.75.